The van der Waals surface area contributed by atoms with Crippen molar-refractivity contribution in [2.45, 2.75) is 25.1 Å². The average Bonchev–Trinajstić information content (AvgIpc) is 3.21. The molecule has 10 nitrogen and oxygen atoms in total. The van der Waals surface area contributed by atoms with Gasteiger partial charge < -0.3 is 19.9 Å². The van der Waals surface area contributed by atoms with Gasteiger partial charge >= 0.3 is 0 Å². The number of benzene rings is 2. The minimum atomic E-state index is -0.662. The molecular weight excluding hydrogens is 414 g/mol. The Morgan fingerprint density at radius 2 is 2.03 bits per heavy atom. The number of nitrogens with zero attached hydrogens (tertiary/aromatic N) is 2. The first-order valence-electron chi connectivity index (χ1n) is 10.1. The molecule has 1 fully saturated rings. The lowest BCUT2D eigenvalue weighted by Crippen LogP contribution is -2.41. The van der Waals surface area contributed by atoms with E-state index in [0.717, 1.165) is 5.56 Å². The maximum absolute atomic E-state index is 11.7. The maximum atomic E-state index is 11.7. The summed E-state index contributed by atoms with van der Waals surface area (Å²) in [4.78, 5) is 11.3. The van der Waals surface area contributed by atoms with Gasteiger partial charge in [0.25, 0.3) is 5.69 Å². The van der Waals surface area contributed by atoms with Crippen molar-refractivity contribution >= 4 is 5.69 Å². The van der Waals surface area contributed by atoms with Gasteiger partial charge in [0.05, 0.1) is 30.3 Å². The molecule has 1 saturated heterocycles. The first kappa shape index (κ1) is 21.4. The minimum Gasteiger partial charge on any atom is -0.493 e. The number of ether oxygens (including phenoxy) is 3. The normalized spacial score (nSPS) is 24.3. The summed E-state index contributed by atoms with van der Waals surface area (Å²) >= 11 is 0. The Balaban J connectivity index is 1.83. The van der Waals surface area contributed by atoms with E-state index in [2.05, 4.69) is 16.9 Å². The van der Waals surface area contributed by atoms with Crippen LogP contribution in [0.5, 0.6) is 11.5 Å². The molecule has 32 heavy (non-hydrogen) atoms. The van der Waals surface area contributed by atoms with Crippen molar-refractivity contribution in [3.63, 3.8) is 0 Å². The fourth-order valence-corrected chi connectivity index (χ4v) is 4.42. The van der Waals surface area contributed by atoms with Gasteiger partial charge in [0.2, 0.25) is 5.88 Å². The summed E-state index contributed by atoms with van der Waals surface area (Å²) in [6.07, 6.45) is -0.598. The van der Waals surface area contributed by atoms with E-state index in [1.807, 2.05) is 25.1 Å². The van der Waals surface area contributed by atoms with Crippen molar-refractivity contribution in [2.75, 3.05) is 13.7 Å². The van der Waals surface area contributed by atoms with Crippen molar-refractivity contribution < 1.29 is 19.1 Å². The lowest BCUT2D eigenvalue weighted by molar-refractivity contribution is -0.385. The van der Waals surface area contributed by atoms with Crippen LogP contribution in [0.15, 0.2) is 53.9 Å². The number of methoxy groups -OCH3 is 1. The third kappa shape index (κ3) is 3.57. The second kappa shape index (κ2) is 8.74. The molecule has 4 atom stereocenters. The summed E-state index contributed by atoms with van der Waals surface area (Å²) in [5, 5.41) is 21.6. The number of hydrogen-bond donors (Lipinski definition) is 3. The van der Waals surface area contributed by atoms with Crippen LogP contribution < -0.4 is 26.1 Å². The van der Waals surface area contributed by atoms with Crippen molar-refractivity contribution in [1.29, 1.82) is 5.26 Å². The topological polar surface area (TPSA) is 145 Å². The van der Waals surface area contributed by atoms with Gasteiger partial charge in [0.1, 0.15) is 6.07 Å². The Hall–Kier alpha value is -3.81. The number of rotatable bonds is 6. The number of hydrazine groups is 1. The number of hydrogen-bond acceptors (Lipinski definition) is 9. The summed E-state index contributed by atoms with van der Waals surface area (Å²) in [6.45, 7) is 2.38. The number of fused-ring (bicyclic) bond motifs is 1. The van der Waals surface area contributed by atoms with E-state index in [4.69, 9.17) is 19.9 Å². The average molecular weight is 437 g/mol. The Labute approximate surface area is 184 Å². The molecule has 166 valence electrons. The molecule has 0 saturated carbocycles. The molecule has 0 aliphatic carbocycles. The van der Waals surface area contributed by atoms with Gasteiger partial charge in [0.15, 0.2) is 17.7 Å². The van der Waals surface area contributed by atoms with E-state index in [9.17, 15) is 15.4 Å². The van der Waals surface area contributed by atoms with Crippen LogP contribution in [0.1, 0.15) is 30.0 Å². The SMILES string of the molecule is CCOc1ccc(C2NNC3OC(N)=C(C#N)C(c4ccccc4[N+](=O)[O-])C32)cc1OC. The highest BCUT2D eigenvalue weighted by Crippen LogP contribution is 2.49. The van der Waals surface area contributed by atoms with E-state index >= 15 is 0 Å². The predicted molar refractivity (Wildman–Crippen MR) is 114 cm³/mol. The monoisotopic (exact) mass is 437 g/mol. The van der Waals surface area contributed by atoms with Crippen LogP contribution in [-0.2, 0) is 4.74 Å². The van der Waals surface area contributed by atoms with Crippen LogP contribution in [-0.4, -0.2) is 24.9 Å². The van der Waals surface area contributed by atoms with Gasteiger partial charge in [-0.05, 0) is 24.6 Å². The highest BCUT2D eigenvalue weighted by Gasteiger charge is 2.50. The summed E-state index contributed by atoms with van der Waals surface area (Å²) < 4.78 is 16.9. The first-order chi connectivity index (χ1) is 15.5. The van der Waals surface area contributed by atoms with Crippen molar-refractivity contribution in [2.24, 2.45) is 11.7 Å². The number of nitro benzene ring substituents is 1. The number of nitro groups is 1. The highest BCUT2D eigenvalue weighted by molar-refractivity contribution is 5.52. The molecule has 2 aliphatic rings. The van der Waals surface area contributed by atoms with Crippen molar-refractivity contribution in [3.05, 3.63) is 75.2 Å². The number of allylic oxidation sites excluding steroid dienone is 1. The van der Waals surface area contributed by atoms with Gasteiger partial charge in [-0.15, -0.1) is 0 Å². The zero-order valence-electron chi connectivity index (χ0n) is 17.6. The Bertz CT molecular complexity index is 1110. The van der Waals surface area contributed by atoms with Crippen LogP contribution in [0.2, 0.25) is 0 Å². The highest BCUT2D eigenvalue weighted by atomic mass is 16.6. The lowest BCUT2D eigenvalue weighted by atomic mass is 9.73. The standard InChI is InChI=1S/C22H23N5O5/c1-3-31-16-9-8-12(10-17(16)30-2)20-19-18(13-6-4-5-7-15(13)27(28)29)14(11-23)21(24)32-22(19)26-25-20/h4-10,18-20,22,25-26H,3,24H2,1-2H3. The summed E-state index contributed by atoms with van der Waals surface area (Å²) in [5.74, 6) is 0.0598. The molecule has 4 rings (SSSR count). The molecule has 0 spiro atoms. The number of nitriles is 1. The van der Waals surface area contributed by atoms with Crippen LogP contribution in [0, 0.1) is 27.4 Å². The second-order valence-electron chi connectivity index (χ2n) is 7.41. The van der Waals surface area contributed by atoms with E-state index < -0.39 is 23.0 Å². The molecule has 2 aliphatic heterocycles. The second-order valence-corrected chi connectivity index (χ2v) is 7.41. The Morgan fingerprint density at radius 1 is 1.25 bits per heavy atom. The van der Waals surface area contributed by atoms with Crippen molar-refractivity contribution in [3.8, 4) is 17.6 Å². The molecule has 2 aromatic carbocycles. The molecule has 2 heterocycles. The lowest BCUT2D eigenvalue weighted by Gasteiger charge is -2.35. The zero-order valence-corrected chi connectivity index (χ0v) is 17.6. The molecule has 0 amide bonds. The smallest absolute Gasteiger partial charge is 0.273 e. The number of nitrogens with one attached hydrogen (secondary N) is 2. The van der Waals surface area contributed by atoms with Crippen LogP contribution in [0.3, 0.4) is 0 Å². The Morgan fingerprint density at radius 3 is 2.72 bits per heavy atom. The van der Waals surface area contributed by atoms with Gasteiger partial charge in [-0.1, -0.05) is 24.3 Å². The van der Waals surface area contributed by atoms with E-state index in [0.29, 0.717) is 23.7 Å². The number of nitrogens with two attached hydrogens (primary N) is 1. The quantitative estimate of drug-likeness (QED) is 0.458. The largest absolute Gasteiger partial charge is 0.493 e. The van der Waals surface area contributed by atoms with Gasteiger partial charge in [-0.25, -0.2) is 10.9 Å². The van der Waals surface area contributed by atoms with Gasteiger partial charge in [0, 0.05) is 23.5 Å². The maximum Gasteiger partial charge on any atom is 0.273 e. The fourth-order valence-electron chi connectivity index (χ4n) is 4.42. The molecular formula is C22H23N5O5. The minimum absolute atomic E-state index is 0.0453. The van der Waals surface area contributed by atoms with Crippen LogP contribution in [0.25, 0.3) is 0 Å². The first-order valence-corrected chi connectivity index (χ1v) is 10.1. The zero-order chi connectivity index (χ0) is 22.8. The summed E-state index contributed by atoms with van der Waals surface area (Å²) in [7, 11) is 1.56. The van der Waals surface area contributed by atoms with E-state index in [1.165, 1.54) is 6.07 Å². The molecule has 2 aromatic rings. The third-order valence-corrected chi connectivity index (χ3v) is 5.77. The van der Waals surface area contributed by atoms with Gasteiger partial charge in [-0.3, -0.25) is 10.1 Å². The summed E-state index contributed by atoms with van der Waals surface area (Å²) in [6, 6.07) is 13.7. The molecule has 4 unspecified atom stereocenters. The predicted octanol–water partition coefficient (Wildman–Crippen LogP) is 2.60. The third-order valence-electron chi connectivity index (χ3n) is 5.77. The molecule has 4 N–H and O–H groups in total. The van der Waals surface area contributed by atoms with E-state index in [-0.39, 0.29) is 23.2 Å². The fraction of sp³-hybridized carbons (Fsp3) is 0.318. The molecule has 0 bridgehead atoms. The van der Waals surface area contributed by atoms with Crippen LogP contribution in [0.4, 0.5) is 5.69 Å². The van der Waals surface area contributed by atoms with E-state index in [1.54, 1.807) is 25.3 Å². The molecule has 10 heteroatoms. The summed E-state index contributed by atoms with van der Waals surface area (Å²) in [5.41, 5.74) is 13.6. The van der Waals surface area contributed by atoms with Gasteiger partial charge in [-0.2, -0.15) is 5.26 Å². The molecule has 0 aromatic heterocycles. The molecule has 0 radical (unpaired) electrons. The van der Waals surface area contributed by atoms with Crippen LogP contribution >= 0.6 is 0 Å². The Kier molecular flexibility index (Phi) is 5.85. The van der Waals surface area contributed by atoms with Crippen molar-refractivity contribution in [1.82, 2.24) is 10.9 Å². The number of para-hydroxylation sites is 1.